The van der Waals surface area contributed by atoms with Crippen LogP contribution in [-0.4, -0.2) is 72.0 Å². The SMILES string of the molecule is C=CCOC12Oc3ccc(OCc4ccccc4F)cc3C3C(CCCCO)C(CCCCO)C=C(C(=NOC)CC1N(CCC)C(=O)c1ccc4ccccc4c1)C32. The first-order chi connectivity index (χ1) is 28.9. The molecule has 1 heterocycles. The lowest BCUT2D eigenvalue weighted by molar-refractivity contribution is -0.254. The van der Waals surface area contributed by atoms with Crippen molar-refractivity contribution in [2.75, 3.05) is 33.5 Å². The number of allylic oxidation sites excluding steroid dienone is 1. The van der Waals surface area contributed by atoms with E-state index in [2.05, 4.69) is 19.6 Å². The van der Waals surface area contributed by atoms with Gasteiger partial charge in [-0.15, -0.1) is 6.58 Å². The van der Waals surface area contributed by atoms with Gasteiger partial charge < -0.3 is 34.2 Å². The number of nitrogens with zero attached hydrogens (tertiary/aromatic N) is 2. The highest BCUT2D eigenvalue weighted by atomic mass is 19.1. The lowest BCUT2D eigenvalue weighted by atomic mass is 9.55. The second-order valence-electron chi connectivity index (χ2n) is 15.9. The monoisotopic (exact) mass is 804 g/mol. The van der Waals surface area contributed by atoms with Crippen molar-refractivity contribution in [3.8, 4) is 11.5 Å². The molecule has 0 spiro atoms. The number of hydrogen-bond acceptors (Lipinski definition) is 8. The molecule has 3 aliphatic rings. The average Bonchev–Trinajstić information content (AvgIpc) is 3.26. The first-order valence-corrected chi connectivity index (χ1v) is 21.1. The highest BCUT2D eigenvalue weighted by molar-refractivity contribution is 6.04. The minimum absolute atomic E-state index is 0.0528. The Morgan fingerprint density at radius 3 is 2.49 bits per heavy atom. The Hall–Kier alpha value is -5.03. The van der Waals surface area contributed by atoms with Crippen molar-refractivity contribution in [2.24, 2.45) is 22.9 Å². The number of halogens is 1. The molecule has 59 heavy (non-hydrogen) atoms. The van der Waals surface area contributed by atoms with Crippen LogP contribution in [0.5, 0.6) is 11.5 Å². The van der Waals surface area contributed by atoms with Gasteiger partial charge in [-0.05, 0) is 96.7 Å². The van der Waals surface area contributed by atoms with E-state index >= 15 is 4.79 Å². The second kappa shape index (κ2) is 19.4. The summed E-state index contributed by atoms with van der Waals surface area (Å²) in [5, 5.41) is 26.5. The van der Waals surface area contributed by atoms with Crippen LogP contribution in [0.4, 0.5) is 4.39 Å². The Labute approximate surface area is 347 Å². The van der Waals surface area contributed by atoms with Crippen LogP contribution in [0.3, 0.4) is 0 Å². The molecule has 0 bridgehead atoms. The Bertz CT molecular complexity index is 2150. The van der Waals surface area contributed by atoms with Crippen LogP contribution in [0.25, 0.3) is 10.8 Å². The molecule has 0 saturated heterocycles. The topological polar surface area (TPSA) is 110 Å². The van der Waals surface area contributed by atoms with E-state index in [4.69, 9.17) is 24.2 Å². The number of carbonyl (C=O) groups excluding carboxylic acids is 1. The maximum absolute atomic E-state index is 15.0. The molecule has 6 atom stereocenters. The number of oxime groups is 1. The molecule has 4 aromatic carbocycles. The summed E-state index contributed by atoms with van der Waals surface area (Å²) < 4.78 is 35.4. The van der Waals surface area contributed by atoms with Gasteiger partial charge in [-0.25, -0.2) is 4.39 Å². The molecule has 7 rings (SSSR count). The molecule has 2 aliphatic carbocycles. The predicted octanol–water partition coefficient (Wildman–Crippen LogP) is 9.37. The minimum atomic E-state index is -1.37. The summed E-state index contributed by atoms with van der Waals surface area (Å²) in [5.74, 6) is -1.12. The number of rotatable bonds is 19. The van der Waals surface area contributed by atoms with Crippen LogP contribution in [0, 0.1) is 23.6 Å². The van der Waals surface area contributed by atoms with E-state index in [1.165, 1.54) is 6.07 Å². The molecular formula is C49H57FN2O7. The Balaban J connectivity index is 1.41. The quantitative estimate of drug-likeness (QED) is 0.0553. The zero-order valence-corrected chi connectivity index (χ0v) is 34.2. The Kier molecular flexibility index (Phi) is 13.8. The van der Waals surface area contributed by atoms with E-state index in [-0.39, 0.29) is 55.9 Å². The molecule has 2 N–H and O–H groups in total. The first kappa shape index (κ1) is 42.1. The van der Waals surface area contributed by atoms with Crippen LogP contribution in [0.15, 0.2) is 114 Å². The number of fused-ring (bicyclic) bond motifs is 3. The highest BCUT2D eigenvalue weighted by Crippen LogP contribution is 2.62. The fraction of sp³-hybridized carbons (Fsp3) is 0.429. The van der Waals surface area contributed by atoms with Gasteiger partial charge in [0.25, 0.3) is 5.91 Å². The minimum Gasteiger partial charge on any atom is -0.489 e. The van der Waals surface area contributed by atoms with Gasteiger partial charge in [-0.3, -0.25) is 4.79 Å². The van der Waals surface area contributed by atoms with Crippen LogP contribution in [-0.2, 0) is 16.2 Å². The summed E-state index contributed by atoms with van der Waals surface area (Å²) in [5.41, 5.74) is 3.65. The molecule has 0 aromatic heterocycles. The number of aliphatic hydroxyl groups is 2. The van der Waals surface area contributed by atoms with E-state index < -0.39 is 17.7 Å². The number of benzene rings is 4. The van der Waals surface area contributed by atoms with E-state index in [0.29, 0.717) is 54.9 Å². The molecule has 0 radical (unpaired) electrons. The zero-order chi connectivity index (χ0) is 41.4. The van der Waals surface area contributed by atoms with Crippen LogP contribution in [0.2, 0.25) is 0 Å². The fourth-order valence-corrected chi connectivity index (χ4v) is 9.75. The molecule has 1 fully saturated rings. The lowest BCUT2D eigenvalue weighted by Gasteiger charge is -2.60. The van der Waals surface area contributed by atoms with Crippen molar-refractivity contribution in [3.63, 3.8) is 0 Å². The predicted molar refractivity (Wildman–Crippen MR) is 228 cm³/mol. The Morgan fingerprint density at radius 2 is 1.75 bits per heavy atom. The summed E-state index contributed by atoms with van der Waals surface area (Å²) in [6, 6.07) is 25.6. The number of ether oxygens (including phenoxy) is 3. The molecule has 312 valence electrons. The van der Waals surface area contributed by atoms with Crippen LogP contribution in [0.1, 0.15) is 85.7 Å². The van der Waals surface area contributed by atoms with Gasteiger partial charge in [0.15, 0.2) is 0 Å². The van der Waals surface area contributed by atoms with Crippen molar-refractivity contribution in [1.82, 2.24) is 4.90 Å². The van der Waals surface area contributed by atoms with Crippen molar-refractivity contribution in [1.29, 1.82) is 0 Å². The summed E-state index contributed by atoms with van der Waals surface area (Å²) in [4.78, 5) is 22.6. The summed E-state index contributed by atoms with van der Waals surface area (Å²) in [7, 11) is 1.55. The third kappa shape index (κ3) is 8.67. The normalized spacial score (nSPS) is 23.8. The van der Waals surface area contributed by atoms with Gasteiger partial charge in [0.2, 0.25) is 5.79 Å². The van der Waals surface area contributed by atoms with E-state index in [9.17, 15) is 14.6 Å². The molecule has 9 nitrogen and oxygen atoms in total. The number of unbranched alkanes of at least 4 members (excludes halogenated alkanes) is 2. The van der Waals surface area contributed by atoms with Crippen molar-refractivity contribution in [3.05, 3.63) is 132 Å². The van der Waals surface area contributed by atoms with Gasteiger partial charge in [0, 0.05) is 48.8 Å². The lowest BCUT2D eigenvalue weighted by Crippen LogP contribution is -2.70. The van der Waals surface area contributed by atoms with Gasteiger partial charge in [0.1, 0.15) is 37.1 Å². The molecule has 1 amide bonds. The van der Waals surface area contributed by atoms with Gasteiger partial charge in [0.05, 0.1) is 18.2 Å². The second-order valence-corrected chi connectivity index (χ2v) is 15.9. The van der Waals surface area contributed by atoms with Crippen LogP contribution >= 0.6 is 0 Å². The number of carbonyl (C=O) groups is 1. The highest BCUT2D eigenvalue weighted by Gasteiger charge is 2.65. The van der Waals surface area contributed by atoms with E-state index in [0.717, 1.165) is 53.3 Å². The van der Waals surface area contributed by atoms with E-state index in [1.54, 1.807) is 31.4 Å². The fourth-order valence-electron chi connectivity index (χ4n) is 9.75. The molecule has 10 heteroatoms. The summed E-state index contributed by atoms with van der Waals surface area (Å²) in [6.45, 7) is 6.96. The Morgan fingerprint density at radius 1 is 0.983 bits per heavy atom. The molecule has 1 aliphatic heterocycles. The van der Waals surface area contributed by atoms with Crippen LogP contribution < -0.4 is 9.47 Å². The summed E-state index contributed by atoms with van der Waals surface area (Å²) >= 11 is 0. The van der Waals surface area contributed by atoms with Crippen molar-refractivity contribution >= 4 is 22.4 Å². The largest absolute Gasteiger partial charge is 0.489 e. The number of amides is 1. The number of hydrogen-bond donors (Lipinski definition) is 2. The van der Waals surface area contributed by atoms with Crippen molar-refractivity contribution in [2.45, 2.75) is 82.6 Å². The van der Waals surface area contributed by atoms with Gasteiger partial charge >= 0.3 is 0 Å². The summed E-state index contributed by atoms with van der Waals surface area (Å²) in [6.07, 6.45) is 9.66. The maximum Gasteiger partial charge on any atom is 0.254 e. The zero-order valence-electron chi connectivity index (χ0n) is 34.2. The first-order valence-electron chi connectivity index (χ1n) is 21.1. The smallest absolute Gasteiger partial charge is 0.254 e. The number of aliphatic hydroxyl groups excluding tert-OH is 2. The molecule has 1 saturated carbocycles. The maximum atomic E-state index is 15.0. The molecule has 6 unspecified atom stereocenters. The standard InChI is InChI=1S/C49H57FN2O7/c1-4-24-52(48(55)36-21-20-33-14-6-7-15-34(33)28-36)45-31-43(51-56-3)40-29-35(16-10-12-25-53)39(18-11-13-26-54)46-41-30-38(57-32-37-17-8-9-19-42(37)50)22-23-44(41)59-49(45,47(40)46)58-27-5-2/h5-9,14-15,17,19-23,28-30,35,39,45-47,53-54H,2,4,10-13,16,18,24-27,31-32H2,1,3H3. The van der Waals surface area contributed by atoms with Gasteiger partial charge in [-0.1, -0.05) is 85.6 Å². The third-order valence-electron chi connectivity index (χ3n) is 12.3. The molecular weight excluding hydrogens is 748 g/mol. The van der Waals surface area contributed by atoms with E-state index in [1.807, 2.05) is 65.6 Å². The average molecular weight is 805 g/mol. The van der Waals surface area contributed by atoms with Crippen molar-refractivity contribution < 1.29 is 38.4 Å². The molecule has 4 aromatic rings. The van der Waals surface area contributed by atoms with Gasteiger partial charge in [-0.2, -0.15) is 0 Å². The third-order valence-corrected chi connectivity index (χ3v) is 12.3.